The number of amides is 2. The second-order valence-corrected chi connectivity index (χ2v) is 5.42. The van der Waals surface area contributed by atoms with Crippen molar-refractivity contribution >= 4 is 33.5 Å². The Labute approximate surface area is 131 Å². The van der Waals surface area contributed by atoms with Crippen LogP contribution in [0.25, 0.3) is 22.4 Å². The summed E-state index contributed by atoms with van der Waals surface area (Å²) >= 11 is 1.35. The summed E-state index contributed by atoms with van der Waals surface area (Å²) in [7, 11) is 1.58. The second kappa shape index (κ2) is 6.59. The summed E-state index contributed by atoms with van der Waals surface area (Å²) in [5.41, 5.74) is 1.52. The van der Waals surface area contributed by atoms with Gasteiger partial charge in [-0.05, 0) is 12.1 Å². The molecule has 0 unspecified atom stereocenters. The van der Waals surface area contributed by atoms with Gasteiger partial charge >= 0.3 is 6.03 Å². The number of rotatable bonds is 5. The highest BCUT2D eigenvalue weighted by molar-refractivity contribution is 7.14. The van der Waals surface area contributed by atoms with Gasteiger partial charge in [-0.2, -0.15) is 0 Å². The van der Waals surface area contributed by atoms with Crippen molar-refractivity contribution in [3.63, 3.8) is 0 Å². The van der Waals surface area contributed by atoms with E-state index in [0.29, 0.717) is 29.7 Å². The van der Waals surface area contributed by atoms with Crippen LogP contribution in [0, 0.1) is 0 Å². The monoisotopic (exact) mass is 317 g/mol. The first-order valence-corrected chi connectivity index (χ1v) is 7.62. The predicted molar refractivity (Wildman–Crippen MR) is 86.2 cm³/mol. The van der Waals surface area contributed by atoms with Gasteiger partial charge < -0.3 is 14.5 Å². The molecule has 2 heterocycles. The largest absolute Gasteiger partial charge is 0.454 e. The second-order valence-electron chi connectivity index (χ2n) is 4.56. The number of nitrogens with one attached hydrogen (secondary N) is 2. The van der Waals surface area contributed by atoms with Gasteiger partial charge in [-0.15, -0.1) is 11.3 Å². The number of urea groups is 1. The van der Waals surface area contributed by atoms with Crippen LogP contribution in [-0.2, 0) is 4.74 Å². The highest BCUT2D eigenvalue weighted by Gasteiger charge is 2.11. The van der Waals surface area contributed by atoms with E-state index in [1.165, 1.54) is 11.3 Å². The van der Waals surface area contributed by atoms with Gasteiger partial charge in [0, 0.05) is 24.4 Å². The summed E-state index contributed by atoms with van der Waals surface area (Å²) in [5, 5.41) is 8.75. The van der Waals surface area contributed by atoms with Gasteiger partial charge in [0.1, 0.15) is 11.3 Å². The highest BCUT2D eigenvalue weighted by Crippen LogP contribution is 2.29. The lowest BCUT2D eigenvalue weighted by Crippen LogP contribution is -2.31. The van der Waals surface area contributed by atoms with Crippen molar-refractivity contribution in [3.8, 4) is 11.5 Å². The molecule has 22 heavy (non-hydrogen) atoms. The minimum Gasteiger partial charge on any atom is -0.454 e. The molecule has 6 nitrogen and oxygen atoms in total. The molecule has 0 saturated carbocycles. The molecule has 0 spiro atoms. The minimum atomic E-state index is -0.303. The zero-order valence-electron chi connectivity index (χ0n) is 12.0. The van der Waals surface area contributed by atoms with Gasteiger partial charge in [0.05, 0.1) is 6.61 Å². The van der Waals surface area contributed by atoms with Crippen molar-refractivity contribution in [3.05, 3.63) is 35.7 Å². The number of nitrogens with zero attached hydrogens (tertiary/aromatic N) is 1. The molecular formula is C15H15N3O3S. The molecule has 0 fully saturated rings. The molecule has 0 atom stereocenters. The first-order chi connectivity index (χ1) is 10.8. The molecule has 0 aliphatic heterocycles. The van der Waals surface area contributed by atoms with Crippen LogP contribution in [0.5, 0.6) is 0 Å². The van der Waals surface area contributed by atoms with E-state index >= 15 is 0 Å². The number of methoxy groups -OCH3 is 1. The number of carbonyl (C=O) groups excluding carboxylic acids is 1. The third-order valence-electron chi connectivity index (χ3n) is 2.99. The third kappa shape index (κ3) is 3.26. The summed E-state index contributed by atoms with van der Waals surface area (Å²) in [6, 6.07) is 9.41. The normalized spacial score (nSPS) is 10.8. The molecular weight excluding hydrogens is 302 g/mol. The molecule has 0 radical (unpaired) electrons. The lowest BCUT2D eigenvalue weighted by molar-refractivity contribution is 0.198. The fourth-order valence-corrected chi connectivity index (χ4v) is 2.66. The SMILES string of the molecule is COCCNC(=O)Nc1nc(-c2cc3ccccc3o2)cs1. The highest BCUT2D eigenvalue weighted by atomic mass is 32.1. The van der Waals surface area contributed by atoms with Gasteiger partial charge in [-0.1, -0.05) is 18.2 Å². The standard InChI is InChI=1S/C15H15N3O3S/c1-20-7-6-16-14(19)18-15-17-11(9-22-15)13-8-10-4-2-3-5-12(10)21-13/h2-5,8-9H,6-7H2,1H3,(H2,16,17,18,19). The van der Waals surface area contributed by atoms with Crippen LogP contribution >= 0.6 is 11.3 Å². The lowest BCUT2D eigenvalue weighted by atomic mass is 10.2. The van der Waals surface area contributed by atoms with Gasteiger partial charge in [0.25, 0.3) is 0 Å². The Morgan fingerprint density at radius 3 is 3.09 bits per heavy atom. The molecule has 114 valence electrons. The smallest absolute Gasteiger partial charge is 0.321 e. The maximum atomic E-state index is 11.6. The minimum absolute atomic E-state index is 0.303. The fraction of sp³-hybridized carbons (Fsp3) is 0.200. The lowest BCUT2D eigenvalue weighted by Gasteiger charge is -2.03. The number of benzene rings is 1. The van der Waals surface area contributed by atoms with E-state index < -0.39 is 0 Å². The van der Waals surface area contributed by atoms with Crippen LogP contribution in [0.1, 0.15) is 0 Å². The third-order valence-corrected chi connectivity index (χ3v) is 3.75. The van der Waals surface area contributed by atoms with Crippen molar-refractivity contribution in [2.75, 3.05) is 25.6 Å². The molecule has 3 aromatic rings. The van der Waals surface area contributed by atoms with Crippen molar-refractivity contribution in [2.45, 2.75) is 0 Å². The number of fused-ring (bicyclic) bond motifs is 1. The van der Waals surface area contributed by atoms with E-state index in [4.69, 9.17) is 9.15 Å². The van der Waals surface area contributed by atoms with Crippen LogP contribution in [0.2, 0.25) is 0 Å². The Morgan fingerprint density at radius 1 is 1.41 bits per heavy atom. The van der Waals surface area contributed by atoms with E-state index in [1.54, 1.807) is 7.11 Å². The Morgan fingerprint density at radius 2 is 2.27 bits per heavy atom. The van der Waals surface area contributed by atoms with E-state index in [2.05, 4.69) is 15.6 Å². The van der Waals surface area contributed by atoms with Crippen molar-refractivity contribution in [1.82, 2.24) is 10.3 Å². The Balaban J connectivity index is 1.69. The molecule has 3 rings (SSSR count). The average Bonchev–Trinajstić information content (AvgIpc) is 3.13. The zero-order chi connectivity index (χ0) is 15.4. The van der Waals surface area contributed by atoms with Crippen LogP contribution in [0.4, 0.5) is 9.93 Å². The molecule has 2 aromatic heterocycles. The maximum Gasteiger partial charge on any atom is 0.321 e. The summed E-state index contributed by atoms with van der Waals surface area (Å²) in [4.78, 5) is 16.0. The number of anilines is 1. The Hall–Kier alpha value is -2.38. The number of furan rings is 1. The van der Waals surface area contributed by atoms with Crippen LogP contribution in [0.3, 0.4) is 0 Å². The van der Waals surface area contributed by atoms with E-state index in [1.807, 2.05) is 35.7 Å². The molecule has 2 N–H and O–H groups in total. The summed E-state index contributed by atoms with van der Waals surface area (Å²) < 4.78 is 10.6. The quantitative estimate of drug-likeness (QED) is 0.708. The van der Waals surface area contributed by atoms with E-state index in [0.717, 1.165) is 11.0 Å². The van der Waals surface area contributed by atoms with Crippen molar-refractivity contribution < 1.29 is 13.9 Å². The number of aromatic nitrogens is 1. The molecule has 2 amide bonds. The summed E-state index contributed by atoms with van der Waals surface area (Å²) in [6.45, 7) is 0.916. The van der Waals surface area contributed by atoms with E-state index in [9.17, 15) is 4.79 Å². The Kier molecular flexibility index (Phi) is 4.36. The maximum absolute atomic E-state index is 11.6. The zero-order valence-corrected chi connectivity index (χ0v) is 12.8. The van der Waals surface area contributed by atoms with Gasteiger partial charge in [-0.3, -0.25) is 5.32 Å². The average molecular weight is 317 g/mol. The predicted octanol–water partition coefficient (Wildman–Crippen LogP) is 3.32. The van der Waals surface area contributed by atoms with Gasteiger partial charge in [0.15, 0.2) is 10.9 Å². The first-order valence-electron chi connectivity index (χ1n) is 6.74. The number of hydrogen-bond acceptors (Lipinski definition) is 5. The number of para-hydroxylation sites is 1. The molecule has 0 aliphatic carbocycles. The number of thiazole rings is 1. The molecule has 0 aliphatic rings. The number of carbonyl (C=O) groups is 1. The topological polar surface area (TPSA) is 76.4 Å². The fourth-order valence-electron chi connectivity index (χ4n) is 1.96. The van der Waals surface area contributed by atoms with Crippen LogP contribution in [-0.4, -0.2) is 31.3 Å². The molecule has 0 saturated heterocycles. The summed E-state index contributed by atoms with van der Waals surface area (Å²) in [5.74, 6) is 0.685. The van der Waals surface area contributed by atoms with Crippen molar-refractivity contribution in [1.29, 1.82) is 0 Å². The van der Waals surface area contributed by atoms with Crippen molar-refractivity contribution in [2.24, 2.45) is 0 Å². The number of ether oxygens (including phenoxy) is 1. The molecule has 1 aromatic carbocycles. The molecule has 0 bridgehead atoms. The van der Waals surface area contributed by atoms with E-state index in [-0.39, 0.29) is 6.03 Å². The van der Waals surface area contributed by atoms with Crippen LogP contribution < -0.4 is 10.6 Å². The van der Waals surface area contributed by atoms with Gasteiger partial charge in [-0.25, -0.2) is 9.78 Å². The Bertz CT molecular complexity index is 748. The first kappa shape index (κ1) is 14.6. The number of hydrogen-bond donors (Lipinski definition) is 2. The van der Waals surface area contributed by atoms with Crippen LogP contribution in [0.15, 0.2) is 40.1 Å². The van der Waals surface area contributed by atoms with Gasteiger partial charge in [0.2, 0.25) is 0 Å². The molecule has 7 heteroatoms. The summed E-state index contributed by atoms with van der Waals surface area (Å²) in [6.07, 6.45) is 0.